The molecule has 4 rings (SSSR count). The number of nitrogens with one attached hydrogen (secondary N) is 2. The van der Waals surface area contributed by atoms with Crippen LogP contribution in [-0.4, -0.2) is 58.2 Å². The zero-order valence-corrected chi connectivity index (χ0v) is 18.0. The molecule has 0 saturated carbocycles. The second kappa shape index (κ2) is 9.51. The minimum Gasteiger partial charge on any atom is -0.496 e. The predicted octanol–water partition coefficient (Wildman–Crippen LogP) is 3.12. The predicted molar refractivity (Wildman–Crippen MR) is 119 cm³/mol. The molecule has 1 saturated heterocycles. The number of ether oxygens (including phenoxy) is 2. The molecule has 0 aliphatic carbocycles. The van der Waals surface area contributed by atoms with Gasteiger partial charge in [-0.15, -0.1) is 5.10 Å². The highest BCUT2D eigenvalue weighted by Crippen LogP contribution is 2.28. The fourth-order valence-electron chi connectivity index (χ4n) is 3.83. The molecule has 2 heterocycles. The number of anilines is 1. The maximum Gasteiger partial charge on any atom is 0.258 e. The van der Waals surface area contributed by atoms with Gasteiger partial charge in [-0.2, -0.15) is 4.98 Å². The van der Waals surface area contributed by atoms with Crippen LogP contribution in [0.5, 0.6) is 11.5 Å². The normalized spacial score (nSPS) is 15.4. The summed E-state index contributed by atoms with van der Waals surface area (Å²) in [7, 11) is 1.58. The Bertz CT molecular complexity index is 1110. The lowest BCUT2D eigenvalue weighted by Crippen LogP contribution is -2.43. The maximum absolute atomic E-state index is 13.2. The summed E-state index contributed by atoms with van der Waals surface area (Å²) < 4.78 is 10.9. The number of amides is 2. The lowest BCUT2D eigenvalue weighted by Gasteiger charge is -2.24. The van der Waals surface area contributed by atoms with Crippen molar-refractivity contribution in [3.05, 3.63) is 54.1 Å². The number of nitrogens with zero attached hydrogens (tertiary/aromatic N) is 3. The van der Waals surface area contributed by atoms with E-state index in [2.05, 4.69) is 20.5 Å². The Morgan fingerprint density at radius 3 is 2.69 bits per heavy atom. The second-order valence-corrected chi connectivity index (χ2v) is 7.28. The van der Waals surface area contributed by atoms with E-state index in [1.807, 2.05) is 37.3 Å². The molecule has 1 fully saturated rings. The van der Waals surface area contributed by atoms with E-state index in [1.165, 1.54) is 0 Å². The van der Waals surface area contributed by atoms with Crippen molar-refractivity contribution in [2.75, 3.05) is 25.6 Å². The van der Waals surface area contributed by atoms with Crippen molar-refractivity contribution in [2.45, 2.75) is 25.8 Å². The molecule has 2 aromatic carbocycles. The molecule has 3 aromatic rings. The Morgan fingerprint density at radius 1 is 1.16 bits per heavy atom. The third-order valence-corrected chi connectivity index (χ3v) is 5.32. The lowest BCUT2D eigenvalue weighted by molar-refractivity contribution is -0.119. The lowest BCUT2D eigenvalue weighted by atomic mass is 10.1. The monoisotopic (exact) mass is 435 g/mol. The van der Waals surface area contributed by atoms with E-state index >= 15 is 0 Å². The van der Waals surface area contributed by atoms with Crippen LogP contribution >= 0.6 is 0 Å². The van der Waals surface area contributed by atoms with Crippen LogP contribution in [0.4, 0.5) is 5.95 Å². The molecule has 1 atom stereocenters. The number of carbonyl (C=O) groups is 2. The molecular formula is C23H25N5O4. The van der Waals surface area contributed by atoms with Crippen LogP contribution < -0.4 is 14.8 Å². The summed E-state index contributed by atoms with van der Waals surface area (Å²) in [6.07, 6.45) is 1.30. The first-order valence-electron chi connectivity index (χ1n) is 10.5. The van der Waals surface area contributed by atoms with E-state index in [0.29, 0.717) is 42.5 Å². The number of likely N-dealkylation sites (tertiary alicyclic amines) is 1. The van der Waals surface area contributed by atoms with Crippen LogP contribution in [0.25, 0.3) is 11.4 Å². The highest BCUT2D eigenvalue weighted by atomic mass is 16.5. The number of methoxy groups -OCH3 is 1. The first-order valence-corrected chi connectivity index (χ1v) is 10.5. The molecular weight excluding hydrogens is 410 g/mol. The van der Waals surface area contributed by atoms with E-state index in [-0.39, 0.29) is 17.8 Å². The zero-order valence-electron chi connectivity index (χ0n) is 18.0. The van der Waals surface area contributed by atoms with Gasteiger partial charge in [0.05, 0.1) is 24.8 Å². The molecule has 9 heteroatoms. The molecule has 0 radical (unpaired) electrons. The van der Waals surface area contributed by atoms with Gasteiger partial charge in [0.15, 0.2) is 5.82 Å². The Kier molecular flexibility index (Phi) is 6.34. The van der Waals surface area contributed by atoms with Crippen molar-refractivity contribution in [1.29, 1.82) is 0 Å². The second-order valence-electron chi connectivity index (χ2n) is 7.28. The Balaban J connectivity index is 1.49. The van der Waals surface area contributed by atoms with Gasteiger partial charge in [-0.1, -0.05) is 24.3 Å². The van der Waals surface area contributed by atoms with Gasteiger partial charge in [-0.25, -0.2) is 0 Å². The number of aromatic nitrogens is 3. The topological polar surface area (TPSA) is 109 Å². The van der Waals surface area contributed by atoms with E-state index in [9.17, 15) is 9.59 Å². The molecule has 0 spiro atoms. The van der Waals surface area contributed by atoms with E-state index in [1.54, 1.807) is 30.2 Å². The largest absolute Gasteiger partial charge is 0.496 e. The maximum atomic E-state index is 13.2. The van der Waals surface area contributed by atoms with Gasteiger partial charge < -0.3 is 14.4 Å². The Hall–Kier alpha value is -3.88. The fraction of sp³-hybridized carbons (Fsp3) is 0.304. The van der Waals surface area contributed by atoms with Crippen LogP contribution in [-0.2, 0) is 4.79 Å². The molecule has 166 valence electrons. The number of benzene rings is 2. The standard InChI is InChI=1S/C23H25N5O4/c1-3-32-19-13-7-5-10-16(19)22(30)28-14-8-11-17(28)21(29)25-23-24-20(26-27-23)15-9-4-6-12-18(15)31-2/h4-7,9-10,12-13,17H,3,8,11,14H2,1-2H3,(H2,24,25,26,27,29). The third kappa shape index (κ3) is 4.27. The van der Waals surface area contributed by atoms with E-state index < -0.39 is 6.04 Å². The molecule has 1 aliphatic rings. The van der Waals surface area contributed by atoms with Gasteiger partial charge in [-0.05, 0) is 44.0 Å². The van der Waals surface area contributed by atoms with Gasteiger partial charge in [0.1, 0.15) is 17.5 Å². The minimum absolute atomic E-state index is 0.143. The molecule has 1 aromatic heterocycles. The van der Waals surface area contributed by atoms with Gasteiger partial charge >= 0.3 is 0 Å². The first kappa shape index (κ1) is 21.4. The number of carbonyl (C=O) groups excluding carboxylic acids is 2. The highest BCUT2D eigenvalue weighted by Gasteiger charge is 2.36. The summed E-state index contributed by atoms with van der Waals surface area (Å²) in [6.45, 7) is 2.81. The number of aromatic amines is 1. The fourth-order valence-corrected chi connectivity index (χ4v) is 3.83. The number of para-hydroxylation sites is 2. The summed E-state index contributed by atoms with van der Waals surface area (Å²) >= 11 is 0. The summed E-state index contributed by atoms with van der Waals surface area (Å²) in [4.78, 5) is 32.1. The van der Waals surface area contributed by atoms with Crippen molar-refractivity contribution >= 4 is 17.8 Å². The number of rotatable bonds is 7. The van der Waals surface area contributed by atoms with E-state index in [4.69, 9.17) is 9.47 Å². The van der Waals surface area contributed by atoms with Crippen molar-refractivity contribution < 1.29 is 19.1 Å². The van der Waals surface area contributed by atoms with Crippen LogP contribution in [0.2, 0.25) is 0 Å². The SMILES string of the molecule is CCOc1ccccc1C(=O)N1CCCC1C(=O)Nc1n[nH]c(-c2ccccc2OC)n1. The van der Waals surface area contributed by atoms with Gasteiger partial charge in [-0.3, -0.25) is 20.0 Å². The molecule has 1 unspecified atom stereocenters. The molecule has 2 N–H and O–H groups in total. The Morgan fingerprint density at radius 2 is 1.91 bits per heavy atom. The van der Waals surface area contributed by atoms with Crippen molar-refractivity contribution in [2.24, 2.45) is 0 Å². The summed E-state index contributed by atoms with van der Waals surface area (Å²) in [6, 6.07) is 13.9. The molecule has 0 bridgehead atoms. The van der Waals surface area contributed by atoms with Crippen LogP contribution in [0, 0.1) is 0 Å². The van der Waals surface area contributed by atoms with Crippen molar-refractivity contribution in [3.8, 4) is 22.9 Å². The summed E-state index contributed by atoms with van der Waals surface area (Å²) in [5, 5.41) is 9.65. The summed E-state index contributed by atoms with van der Waals surface area (Å²) in [5.74, 6) is 1.22. The molecule has 2 amide bonds. The highest BCUT2D eigenvalue weighted by molar-refractivity contribution is 6.02. The number of hydrogen-bond donors (Lipinski definition) is 2. The minimum atomic E-state index is -0.606. The number of hydrogen-bond acceptors (Lipinski definition) is 6. The van der Waals surface area contributed by atoms with E-state index in [0.717, 1.165) is 12.0 Å². The number of H-pyrrole nitrogens is 1. The Labute approximate surface area is 185 Å². The van der Waals surface area contributed by atoms with Gasteiger partial charge in [0, 0.05) is 6.54 Å². The van der Waals surface area contributed by atoms with Crippen LogP contribution in [0.3, 0.4) is 0 Å². The van der Waals surface area contributed by atoms with Crippen LogP contribution in [0.1, 0.15) is 30.1 Å². The van der Waals surface area contributed by atoms with Crippen molar-refractivity contribution in [1.82, 2.24) is 20.1 Å². The third-order valence-electron chi connectivity index (χ3n) is 5.32. The average Bonchev–Trinajstić information content (AvgIpc) is 3.49. The average molecular weight is 435 g/mol. The smallest absolute Gasteiger partial charge is 0.258 e. The van der Waals surface area contributed by atoms with Crippen LogP contribution in [0.15, 0.2) is 48.5 Å². The van der Waals surface area contributed by atoms with Gasteiger partial charge in [0.25, 0.3) is 5.91 Å². The van der Waals surface area contributed by atoms with Crippen molar-refractivity contribution in [3.63, 3.8) is 0 Å². The quantitative estimate of drug-likeness (QED) is 0.590. The zero-order chi connectivity index (χ0) is 22.5. The van der Waals surface area contributed by atoms with Gasteiger partial charge in [0.2, 0.25) is 11.9 Å². The summed E-state index contributed by atoms with van der Waals surface area (Å²) in [5.41, 5.74) is 1.18. The molecule has 9 nitrogen and oxygen atoms in total. The molecule has 1 aliphatic heterocycles. The first-order chi connectivity index (χ1) is 15.6. The molecule has 32 heavy (non-hydrogen) atoms.